The molecule has 2 aromatic heterocycles. The number of hydrogen-bond acceptors (Lipinski definition) is 3. The number of benzene rings is 1. The van der Waals surface area contributed by atoms with Crippen LogP contribution in [0.2, 0.25) is 5.02 Å². The molecule has 0 fully saturated rings. The van der Waals surface area contributed by atoms with Crippen LogP contribution in [0.1, 0.15) is 26.7 Å². The summed E-state index contributed by atoms with van der Waals surface area (Å²) in [5, 5.41) is 5.23. The Morgan fingerprint density at radius 1 is 1.23 bits per heavy atom. The van der Waals surface area contributed by atoms with E-state index in [2.05, 4.69) is 23.9 Å². The molecule has 1 unspecified atom stereocenters. The molecule has 0 spiro atoms. The maximum Gasteiger partial charge on any atom is 0.232 e. The van der Waals surface area contributed by atoms with Crippen molar-refractivity contribution in [1.82, 2.24) is 14.6 Å². The average molecular weight is 316 g/mol. The largest absolute Gasteiger partial charge is 0.474 e. The minimum atomic E-state index is 0.141. The third kappa shape index (κ3) is 2.92. The van der Waals surface area contributed by atoms with Gasteiger partial charge in [0.25, 0.3) is 0 Å². The molecule has 0 N–H and O–H groups in total. The number of rotatable bonds is 5. The number of nitrogens with zero attached hydrogens (tertiary/aromatic N) is 3. The van der Waals surface area contributed by atoms with Gasteiger partial charge in [0.15, 0.2) is 5.65 Å². The molecule has 0 saturated carbocycles. The molecule has 4 nitrogen and oxygen atoms in total. The van der Waals surface area contributed by atoms with E-state index < -0.39 is 0 Å². The van der Waals surface area contributed by atoms with E-state index in [1.54, 1.807) is 10.7 Å². The first kappa shape index (κ1) is 14.9. The zero-order chi connectivity index (χ0) is 15.5. The van der Waals surface area contributed by atoms with Crippen molar-refractivity contribution in [2.45, 2.75) is 32.8 Å². The topological polar surface area (TPSA) is 39.4 Å². The van der Waals surface area contributed by atoms with Crippen LogP contribution in [0.25, 0.3) is 16.9 Å². The fourth-order valence-corrected chi connectivity index (χ4v) is 2.68. The number of halogens is 1. The minimum absolute atomic E-state index is 0.141. The van der Waals surface area contributed by atoms with Gasteiger partial charge in [0.2, 0.25) is 5.88 Å². The summed E-state index contributed by atoms with van der Waals surface area (Å²) < 4.78 is 7.63. The number of imidazole rings is 1. The lowest BCUT2D eigenvalue weighted by Crippen LogP contribution is -2.12. The summed E-state index contributed by atoms with van der Waals surface area (Å²) in [7, 11) is 0. The van der Waals surface area contributed by atoms with E-state index in [1.807, 2.05) is 36.4 Å². The highest BCUT2D eigenvalue weighted by Gasteiger charge is 2.12. The number of aromatic nitrogens is 3. The van der Waals surface area contributed by atoms with Crippen LogP contribution in [-0.4, -0.2) is 20.7 Å². The summed E-state index contributed by atoms with van der Waals surface area (Å²) in [5.41, 5.74) is 2.53. The van der Waals surface area contributed by atoms with Crippen molar-refractivity contribution >= 4 is 17.2 Å². The van der Waals surface area contributed by atoms with Crippen molar-refractivity contribution in [2.24, 2.45) is 0 Å². The molecular weight excluding hydrogens is 298 g/mol. The van der Waals surface area contributed by atoms with Gasteiger partial charge in [-0.1, -0.05) is 43.1 Å². The van der Waals surface area contributed by atoms with Crippen molar-refractivity contribution in [3.8, 4) is 17.1 Å². The van der Waals surface area contributed by atoms with Gasteiger partial charge in [-0.3, -0.25) is 0 Å². The summed E-state index contributed by atoms with van der Waals surface area (Å²) in [4.78, 5) is 4.38. The van der Waals surface area contributed by atoms with Gasteiger partial charge in [0.1, 0.15) is 0 Å². The lowest BCUT2D eigenvalue weighted by Gasteiger charge is -2.13. The predicted octanol–water partition coefficient (Wildman–Crippen LogP) is 4.62. The highest BCUT2D eigenvalue weighted by molar-refractivity contribution is 6.33. The Bertz CT molecular complexity index is 784. The first-order chi connectivity index (χ1) is 10.7. The molecule has 1 aromatic carbocycles. The van der Waals surface area contributed by atoms with Crippen molar-refractivity contribution < 1.29 is 4.74 Å². The fraction of sp³-hybridized carbons (Fsp3) is 0.294. The maximum absolute atomic E-state index is 6.28. The number of ether oxygens (including phenoxy) is 1. The molecule has 114 valence electrons. The van der Waals surface area contributed by atoms with Crippen LogP contribution in [0.5, 0.6) is 5.88 Å². The van der Waals surface area contributed by atoms with Crippen molar-refractivity contribution in [3.63, 3.8) is 0 Å². The Balaban J connectivity index is 2.01. The maximum atomic E-state index is 6.28. The Hall–Kier alpha value is -2.07. The van der Waals surface area contributed by atoms with Crippen molar-refractivity contribution in [3.05, 3.63) is 47.6 Å². The molecule has 1 atom stereocenters. The van der Waals surface area contributed by atoms with Crippen LogP contribution < -0.4 is 4.74 Å². The molecule has 0 amide bonds. The van der Waals surface area contributed by atoms with Crippen LogP contribution in [-0.2, 0) is 0 Å². The van der Waals surface area contributed by atoms with E-state index in [4.69, 9.17) is 16.3 Å². The third-order valence-electron chi connectivity index (χ3n) is 3.50. The smallest absolute Gasteiger partial charge is 0.232 e. The molecule has 2 heterocycles. The summed E-state index contributed by atoms with van der Waals surface area (Å²) in [5.74, 6) is 0.597. The normalized spacial score (nSPS) is 12.5. The zero-order valence-electron chi connectivity index (χ0n) is 12.7. The van der Waals surface area contributed by atoms with Crippen LogP contribution in [0, 0.1) is 0 Å². The van der Waals surface area contributed by atoms with Crippen LogP contribution in [0.15, 0.2) is 42.6 Å². The molecule has 0 radical (unpaired) electrons. The second-order valence-corrected chi connectivity index (χ2v) is 5.69. The quantitative estimate of drug-likeness (QED) is 0.690. The van der Waals surface area contributed by atoms with E-state index in [9.17, 15) is 0 Å². The van der Waals surface area contributed by atoms with Crippen LogP contribution >= 0.6 is 11.6 Å². The van der Waals surface area contributed by atoms with Gasteiger partial charge in [-0.15, -0.1) is 5.10 Å². The third-order valence-corrected chi connectivity index (χ3v) is 3.83. The molecular formula is C17H18ClN3O. The standard InChI is InChI=1S/C17H18ClN3O/c1-3-6-12(2)22-17-10-9-16-19-11-15(21(16)20-17)13-7-4-5-8-14(13)18/h4-5,7-12H,3,6H2,1-2H3. The van der Waals surface area contributed by atoms with E-state index in [1.165, 1.54) is 0 Å². The van der Waals surface area contributed by atoms with Crippen LogP contribution in [0.4, 0.5) is 0 Å². The molecule has 3 aromatic rings. The molecule has 22 heavy (non-hydrogen) atoms. The summed E-state index contributed by atoms with van der Waals surface area (Å²) in [6, 6.07) is 11.4. The predicted molar refractivity (Wildman–Crippen MR) is 88.4 cm³/mol. The second-order valence-electron chi connectivity index (χ2n) is 5.28. The van der Waals surface area contributed by atoms with E-state index in [-0.39, 0.29) is 6.10 Å². The monoisotopic (exact) mass is 315 g/mol. The van der Waals surface area contributed by atoms with Gasteiger partial charge >= 0.3 is 0 Å². The first-order valence-electron chi connectivity index (χ1n) is 7.45. The van der Waals surface area contributed by atoms with Crippen LogP contribution in [0.3, 0.4) is 0 Å². The van der Waals surface area contributed by atoms with Gasteiger partial charge in [-0.25, -0.2) is 9.50 Å². The van der Waals surface area contributed by atoms with E-state index in [0.29, 0.717) is 10.9 Å². The second kappa shape index (κ2) is 6.36. The lowest BCUT2D eigenvalue weighted by molar-refractivity contribution is 0.199. The van der Waals surface area contributed by atoms with E-state index >= 15 is 0 Å². The highest BCUT2D eigenvalue weighted by atomic mass is 35.5. The lowest BCUT2D eigenvalue weighted by atomic mass is 10.2. The van der Waals surface area contributed by atoms with Gasteiger partial charge in [0, 0.05) is 11.6 Å². The first-order valence-corrected chi connectivity index (χ1v) is 7.83. The Kier molecular flexibility index (Phi) is 4.29. The van der Waals surface area contributed by atoms with Gasteiger partial charge in [0.05, 0.1) is 23.0 Å². The summed E-state index contributed by atoms with van der Waals surface area (Å²) in [6.07, 6.45) is 4.01. The summed E-state index contributed by atoms with van der Waals surface area (Å²) >= 11 is 6.28. The zero-order valence-corrected chi connectivity index (χ0v) is 13.4. The number of hydrogen-bond donors (Lipinski definition) is 0. The van der Waals surface area contributed by atoms with Crippen molar-refractivity contribution in [2.75, 3.05) is 0 Å². The average Bonchev–Trinajstić information content (AvgIpc) is 2.91. The Morgan fingerprint density at radius 3 is 2.82 bits per heavy atom. The molecule has 3 rings (SSSR count). The minimum Gasteiger partial charge on any atom is -0.474 e. The molecule has 0 aliphatic rings. The molecule has 0 saturated heterocycles. The Labute approximate surface area is 134 Å². The molecule has 0 aliphatic carbocycles. The van der Waals surface area contributed by atoms with Gasteiger partial charge in [-0.05, 0) is 25.5 Å². The fourth-order valence-electron chi connectivity index (χ4n) is 2.44. The molecule has 5 heteroatoms. The van der Waals surface area contributed by atoms with Crippen molar-refractivity contribution in [1.29, 1.82) is 0 Å². The summed E-state index contributed by atoms with van der Waals surface area (Å²) in [6.45, 7) is 4.19. The Morgan fingerprint density at radius 2 is 2.05 bits per heavy atom. The number of fused-ring (bicyclic) bond motifs is 1. The van der Waals surface area contributed by atoms with Gasteiger partial charge < -0.3 is 4.74 Å². The highest BCUT2D eigenvalue weighted by Crippen LogP contribution is 2.28. The van der Waals surface area contributed by atoms with Gasteiger partial charge in [-0.2, -0.15) is 0 Å². The molecule has 0 aliphatic heterocycles. The van der Waals surface area contributed by atoms with E-state index in [0.717, 1.165) is 29.7 Å². The molecule has 0 bridgehead atoms. The SMILES string of the molecule is CCCC(C)Oc1ccc2ncc(-c3ccccc3Cl)n2n1.